The number of carbonyl (C=O) groups is 1. The Labute approximate surface area is 150 Å². The first-order valence-electron chi connectivity index (χ1n) is 7.98. The zero-order valence-corrected chi connectivity index (χ0v) is 15.4. The van der Waals surface area contributed by atoms with Crippen LogP contribution in [0.4, 0.5) is 0 Å². The maximum absolute atomic E-state index is 12.3. The first-order valence-corrected chi connectivity index (χ1v) is 9.68. The number of nitrogens with one attached hydrogen (secondary N) is 1. The van der Waals surface area contributed by atoms with E-state index in [4.69, 9.17) is 0 Å². The maximum atomic E-state index is 12.3. The molecule has 2 atom stereocenters. The van der Waals surface area contributed by atoms with E-state index in [1.807, 2.05) is 43.3 Å². The second-order valence-electron chi connectivity index (χ2n) is 5.76. The average molecular weight is 357 g/mol. The SMILES string of the molecule is C[C@@H](Sc1nc2ccccc2s1)C(=O)NC[C@H](C)c1ccccc1. The van der Waals surface area contributed by atoms with Gasteiger partial charge in [-0.2, -0.15) is 0 Å². The summed E-state index contributed by atoms with van der Waals surface area (Å²) in [4.78, 5) is 16.9. The van der Waals surface area contributed by atoms with E-state index in [2.05, 4.69) is 35.4 Å². The Morgan fingerprint density at radius 1 is 1.12 bits per heavy atom. The number of carbonyl (C=O) groups excluding carboxylic acids is 1. The molecule has 1 heterocycles. The maximum Gasteiger partial charge on any atom is 0.233 e. The van der Waals surface area contributed by atoms with Crippen LogP contribution in [0.25, 0.3) is 10.2 Å². The van der Waals surface area contributed by atoms with Gasteiger partial charge in [0, 0.05) is 6.54 Å². The molecule has 1 N–H and O–H groups in total. The summed E-state index contributed by atoms with van der Waals surface area (Å²) in [6.07, 6.45) is 0. The first-order chi connectivity index (χ1) is 11.6. The fraction of sp³-hybridized carbons (Fsp3) is 0.263. The van der Waals surface area contributed by atoms with Crippen molar-refractivity contribution in [2.75, 3.05) is 6.54 Å². The van der Waals surface area contributed by atoms with E-state index >= 15 is 0 Å². The fourth-order valence-electron chi connectivity index (χ4n) is 2.40. The number of thioether (sulfide) groups is 1. The number of aromatic nitrogens is 1. The highest BCUT2D eigenvalue weighted by atomic mass is 32.2. The number of thiazole rings is 1. The second kappa shape index (κ2) is 7.81. The monoisotopic (exact) mass is 356 g/mol. The Balaban J connectivity index is 1.54. The number of amides is 1. The normalized spacial score (nSPS) is 13.6. The fourth-order valence-corrected chi connectivity index (χ4v) is 4.64. The third-order valence-electron chi connectivity index (χ3n) is 3.87. The molecule has 5 heteroatoms. The predicted octanol–water partition coefficient (Wildman–Crippen LogP) is 4.70. The van der Waals surface area contributed by atoms with Gasteiger partial charge in [0.25, 0.3) is 0 Å². The molecular weight excluding hydrogens is 336 g/mol. The van der Waals surface area contributed by atoms with E-state index in [9.17, 15) is 4.79 Å². The summed E-state index contributed by atoms with van der Waals surface area (Å²) in [5.74, 6) is 0.358. The average Bonchev–Trinajstić information content (AvgIpc) is 3.02. The quantitative estimate of drug-likeness (QED) is 0.651. The molecular formula is C19H20N2OS2. The highest BCUT2D eigenvalue weighted by Gasteiger charge is 2.17. The molecule has 0 aliphatic carbocycles. The summed E-state index contributed by atoms with van der Waals surface area (Å²) < 4.78 is 2.10. The smallest absolute Gasteiger partial charge is 0.233 e. The van der Waals surface area contributed by atoms with Crippen molar-refractivity contribution < 1.29 is 4.79 Å². The van der Waals surface area contributed by atoms with Crippen LogP contribution < -0.4 is 5.32 Å². The Morgan fingerprint density at radius 3 is 2.58 bits per heavy atom. The van der Waals surface area contributed by atoms with Crippen molar-refractivity contribution in [1.29, 1.82) is 0 Å². The molecule has 124 valence electrons. The van der Waals surface area contributed by atoms with Crippen LogP contribution in [0.5, 0.6) is 0 Å². The molecule has 0 saturated carbocycles. The van der Waals surface area contributed by atoms with E-state index in [0.717, 1.165) is 14.6 Å². The summed E-state index contributed by atoms with van der Waals surface area (Å²) in [6.45, 7) is 4.70. The van der Waals surface area contributed by atoms with Gasteiger partial charge in [-0.25, -0.2) is 4.98 Å². The minimum atomic E-state index is -0.159. The van der Waals surface area contributed by atoms with Crippen molar-refractivity contribution in [2.45, 2.75) is 29.4 Å². The van der Waals surface area contributed by atoms with Gasteiger partial charge in [0.15, 0.2) is 4.34 Å². The molecule has 3 aromatic rings. The van der Waals surface area contributed by atoms with Crippen LogP contribution in [-0.4, -0.2) is 22.7 Å². The molecule has 0 radical (unpaired) electrons. The molecule has 0 aliphatic heterocycles. The molecule has 0 bridgehead atoms. The number of rotatable bonds is 6. The van der Waals surface area contributed by atoms with Gasteiger partial charge in [0.1, 0.15) is 0 Å². The van der Waals surface area contributed by atoms with Crippen LogP contribution in [0.1, 0.15) is 25.3 Å². The van der Waals surface area contributed by atoms with Gasteiger partial charge in [0.2, 0.25) is 5.91 Å². The Bertz CT molecular complexity index is 783. The van der Waals surface area contributed by atoms with Crippen LogP contribution in [0, 0.1) is 0 Å². The minimum Gasteiger partial charge on any atom is -0.355 e. The third kappa shape index (κ3) is 4.16. The number of hydrogen-bond donors (Lipinski definition) is 1. The van der Waals surface area contributed by atoms with Crippen molar-refractivity contribution in [1.82, 2.24) is 10.3 Å². The molecule has 24 heavy (non-hydrogen) atoms. The lowest BCUT2D eigenvalue weighted by atomic mass is 10.0. The zero-order valence-electron chi connectivity index (χ0n) is 13.7. The lowest BCUT2D eigenvalue weighted by molar-refractivity contribution is -0.120. The van der Waals surface area contributed by atoms with E-state index in [1.54, 1.807) is 11.3 Å². The number of nitrogens with zero attached hydrogens (tertiary/aromatic N) is 1. The minimum absolute atomic E-state index is 0.0574. The first kappa shape index (κ1) is 17.0. The molecule has 0 spiro atoms. The highest BCUT2D eigenvalue weighted by molar-refractivity contribution is 8.02. The number of fused-ring (bicyclic) bond motifs is 1. The summed E-state index contributed by atoms with van der Waals surface area (Å²) >= 11 is 3.16. The van der Waals surface area contributed by atoms with Crippen LogP contribution in [0.15, 0.2) is 58.9 Å². The number of benzene rings is 2. The summed E-state index contributed by atoms with van der Waals surface area (Å²) in [6, 6.07) is 18.3. The van der Waals surface area contributed by atoms with Gasteiger partial charge in [-0.05, 0) is 30.5 Å². The van der Waals surface area contributed by atoms with Gasteiger partial charge < -0.3 is 5.32 Å². The van der Waals surface area contributed by atoms with Crippen molar-refractivity contribution in [3.05, 3.63) is 60.2 Å². The van der Waals surface area contributed by atoms with Crippen LogP contribution in [0.2, 0.25) is 0 Å². The Kier molecular flexibility index (Phi) is 5.53. The molecule has 1 aromatic heterocycles. The van der Waals surface area contributed by atoms with E-state index < -0.39 is 0 Å². The second-order valence-corrected chi connectivity index (χ2v) is 8.38. The molecule has 0 unspecified atom stereocenters. The molecule has 0 aliphatic rings. The Morgan fingerprint density at radius 2 is 1.83 bits per heavy atom. The van der Waals surface area contributed by atoms with Gasteiger partial charge in [0.05, 0.1) is 15.5 Å². The van der Waals surface area contributed by atoms with Crippen molar-refractivity contribution >= 4 is 39.2 Å². The van der Waals surface area contributed by atoms with Gasteiger partial charge in [-0.1, -0.05) is 61.2 Å². The summed E-state index contributed by atoms with van der Waals surface area (Å²) in [5, 5.41) is 2.89. The molecule has 0 saturated heterocycles. The van der Waals surface area contributed by atoms with Crippen LogP contribution in [-0.2, 0) is 4.79 Å². The summed E-state index contributed by atoms with van der Waals surface area (Å²) in [5.41, 5.74) is 2.24. The van der Waals surface area contributed by atoms with E-state index in [0.29, 0.717) is 12.5 Å². The zero-order chi connectivity index (χ0) is 16.9. The van der Waals surface area contributed by atoms with Gasteiger partial charge in [-0.3, -0.25) is 4.79 Å². The summed E-state index contributed by atoms with van der Waals surface area (Å²) in [7, 11) is 0. The number of para-hydroxylation sites is 1. The molecule has 1 amide bonds. The van der Waals surface area contributed by atoms with Crippen LogP contribution >= 0.6 is 23.1 Å². The lowest BCUT2D eigenvalue weighted by Crippen LogP contribution is -2.33. The lowest BCUT2D eigenvalue weighted by Gasteiger charge is -2.15. The van der Waals surface area contributed by atoms with E-state index in [-0.39, 0.29) is 11.2 Å². The van der Waals surface area contributed by atoms with Crippen LogP contribution in [0.3, 0.4) is 0 Å². The highest BCUT2D eigenvalue weighted by Crippen LogP contribution is 2.31. The predicted molar refractivity (Wildman–Crippen MR) is 103 cm³/mol. The van der Waals surface area contributed by atoms with Gasteiger partial charge >= 0.3 is 0 Å². The molecule has 3 nitrogen and oxygen atoms in total. The number of hydrogen-bond acceptors (Lipinski definition) is 4. The molecule has 3 rings (SSSR count). The standard InChI is InChI=1S/C19H20N2OS2/c1-13(15-8-4-3-5-9-15)12-20-18(22)14(2)23-19-21-16-10-6-7-11-17(16)24-19/h3-11,13-14H,12H2,1-2H3,(H,20,22)/t13-,14+/m0/s1. The van der Waals surface area contributed by atoms with Gasteiger partial charge in [-0.15, -0.1) is 11.3 Å². The largest absolute Gasteiger partial charge is 0.355 e. The molecule has 2 aromatic carbocycles. The Hall–Kier alpha value is -1.85. The van der Waals surface area contributed by atoms with Crippen molar-refractivity contribution in [3.63, 3.8) is 0 Å². The molecule has 0 fully saturated rings. The topological polar surface area (TPSA) is 42.0 Å². The van der Waals surface area contributed by atoms with Crippen molar-refractivity contribution in [2.24, 2.45) is 0 Å². The van der Waals surface area contributed by atoms with E-state index in [1.165, 1.54) is 17.3 Å². The van der Waals surface area contributed by atoms with Crippen molar-refractivity contribution in [3.8, 4) is 0 Å². The third-order valence-corrected chi connectivity index (χ3v) is 6.10.